The van der Waals surface area contributed by atoms with Gasteiger partial charge in [-0.3, -0.25) is 0 Å². The Morgan fingerprint density at radius 1 is 1.24 bits per heavy atom. The van der Waals surface area contributed by atoms with E-state index < -0.39 is 33.1 Å². The van der Waals surface area contributed by atoms with Crippen LogP contribution in [0.1, 0.15) is 32.0 Å². The van der Waals surface area contributed by atoms with Crippen molar-refractivity contribution >= 4 is 27.5 Å². The average Bonchev–Trinajstić information content (AvgIpc) is 2.96. The Balaban J connectivity index is 2.37. The Kier molecular flexibility index (Phi) is 6.48. The minimum absolute atomic E-state index is 0.0228. The van der Waals surface area contributed by atoms with Gasteiger partial charge in [-0.2, -0.15) is 21.6 Å². The smallest absolute Gasteiger partial charge is 0.444 e. The van der Waals surface area contributed by atoms with Crippen LogP contribution in [0.3, 0.4) is 0 Å². The lowest BCUT2D eigenvalue weighted by molar-refractivity contribution is -0.0500. The van der Waals surface area contributed by atoms with Crippen LogP contribution in [0.2, 0.25) is 0 Å². The number of amides is 1. The van der Waals surface area contributed by atoms with E-state index in [-0.39, 0.29) is 12.1 Å². The molecular formula is C17H19F3N2O5S2. The lowest BCUT2D eigenvalue weighted by atomic mass is 10.1. The van der Waals surface area contributed by atoms with Crippen LogP contribution in [-0.2, 0) is 21.4 Å². The van der Waals surface area contributed by atoms with Crippen molar-refractivity contribution in [1.29, 1.82) is 0 Å². The fourth-order valence-electron chi connectivity index (χ4n) is 2.15. The maximum absolute atomic E-state index is 12.8. The number of thiazole rings is 1. The Morgan fingerprint density at radius 2 is 1.90 bits per heavy atom. The van der Waals surface area contributed by atoms with Crippen molar-refractivity contribution in [3.8, 4) is 16.2 Å². The minimum Gasteiger partial charge on any atom is -0.444 e. The van der Waals surface area contributed by atoms with Gasteiger partial charge in [0.25, 0.3) is 0 Å². The molecule has 0 saturated heterocycles. The summed E-state index contributed by atoms with van der Waals surface area (Å²) in [4.78, 5) is 16.5. The highest BCUT2D eigenvalue weighted by Crippen LogP contribution is 2.34. The average molecular weight is 452 g/mol. The van der Waals surface area contributed by atoms with Crippen LogP contribution < -0.4 is 9.50 Å². The van der Waals surface area contributed by atoms with Crippen molar-refractivity contribution in [3.63, 3.8) is 0 Å². The molecule has 0 unspecified atom stereocenters. The van der Waals surface area contributed by atoms with E-state index in [0.29, 0.717) is 16.1 Å². The zero-order valence-corrected chi connectivity index (χ0v) is 17.6. The fourth-order valence-corrected chi connectivity index (χ4v) is 3.43. The number of nitrogens with zero attached hydrogens (tertiary/aromatic N) is 1. The molecule has 12 heteroatoms. The summed E-state index contributed by atoms with van der Waals surface area (Å²) in [7, 11) is -5.89. The van der Waals surface area contributed by atoms with E-state index in [4.69, 9.17) is 4.74 Å². The van der Waals surface area contributed by atoms with Crippen molar-refractivity contribution in [2.75, 3.05) is 0 Å². The van der Waals surface area contributed by atoms with Gasteiger partial charge in [-0.15, -0.1) is 11.3 Å². The molecule has 0 radical (unpaired) electrons. The number of ether oxygens (including phenoxy) is 1. The summed E-state index contributed by atoms with van der Waals surface area (Å²) in [5, 5.41) is 2.36. The van der Waals surface area contributed by atoms with Crippen LogP contribution in [0.4, 0.5) is 18.0 Å². The standard InChI is InChI=1S/C17H19F3N2O5S2/c1-10-14(28-9-22-10)11-5-6-12(8-21-15(23)26-16(2,3)4)13(7-11)27-29(24,25)17(18,19)20/h5-7,9H,8H2,1-4H3,(H,21,23). The number of halogens is 3. The maximum Gasteiger partial charge on any atom is 0.534 e. The van der Waals surface area contributed by atoms with Gasteiger partial charge in [0.15, 0.2) is 0 Å². The van der Waals surface area contributed by atoms with Crippen molar-refractivity contribution in [2.24, 2.45) is 0 Å². The third kappa shape index (κ3) is 6.07. The van der Waals surface area contributed by atoms with Crippen LogP contribution in [0.5, 0.6) is 5.75 Å². The van der Waals surface area contributed by atoms with E-state index in [1.165, 1.54) is 17.4 Å². The number of alkyl halides is 3. The predicted octanol–water partition coefficient (Wildman–Crippen LogP) is 4.37. The monoisotopic (exact) mass is 452 g/mol. The molecule has 0 fully saturated rings. The van der Waals surface area contributed by atoms with Gasteiger partial charge in [-0.05, 0) is 39.3 Å². The molecule has 0 aliphatic rings. The molecule has 7 nitrogen and oxygen atoms in total. The molecular weight excluding hydrogens is 433 g/mol. The number of aryl methyl sites for hydroxylation is 1. The molecule has 1 N–H and O–H groups in total. The van der Waals surface area contributed by atoms with Gasteiger partial charge >= 0.3 is 21.7 Å². The summed E-state index contributed by atoms with van der Waals surface area (Å²) in [6.07, 6.45) is -0.815. The SMILES string of the molecule is Cc1ncsc1-c1ccc(CNC(=O)OC(C)(C)C)c(OS(=O)(=O)C(F)(F)F)c1. The Morgan fingerprint density at radius 3 is 2.41 bits per heavy atom. The molecule has 0 saturated carbocycles. The molecule has 1 heterocycles. The number of aromatic nitrogens is 1. The molecule has 0 aliphatic heterocycles. The lowest BCUT2D eigenvalue weighted by Crippen LogP contribution is -2.32. The first-order valence-corrected chi connectivity index (χ1v) is 10.5. The molecule has 0 aliphatic carbocycles. The predicted molar refractivity (Wildman–Crippen MR) is 101 cm³/mol. The second-order valence-electron chi connectivity index (χ2n) is 6.93. The van der Waals surface area contributed by atoms with Crippen molar-refractivity contribution in [1.82, 2.24) is 10.3 Å². The van der Waals surface area contributed by atoms with E-state index in [2.05, 4.69) is 14.5 Å². The highest BCUT2D eigenvalue weighted by Gasteiger charge is 2.48. The zero-order chi connectivity index (χ0) is 22.0. The van der Waals surface area contributed by atoms with Crippen LogP contribution >= 0.6 is 11.3 Å². The van der Waals surface area contributed by atoms with E-state index >= 15 is 0 Å². The van der Waals surface area contributed by atoms with Crippen LogP contribution in [0, 0.1) is 6.92 Å². The third-order valence-corrected chi connectivity index (χ3v) is 5.32. The molecule has 2 rings (SSSR count). The second kappa shape index (κ2) is 8.19. The van der Waals surface area contributed by atoms with Crippen LogP contribution in [-0.4, -0.2) is 30.6 Å². The number of rotatable bonds is 5. The Hall–Kier alpha value is -2.34. The highest BCUT2D eigenvalue weighted by molar-refractivity contribution is 7.88. The molecule has 160 valence electrons. The van der Waals surface area contributed by atoms with Crippen molar-refractivity contribution < 1.29 is 35.3 Å². The normalized spacial score (nSPS) is 12.5. The van der Waals surface area contributed by atoms with Crippen molar-refractivity contribution in [3.05, 3.63) is 35.0 Å². The minimum atomic E-state index is -5.89. The fraction of sp³-hybridized carbons (Fsp3) is 0.412. The Labute approximate surface area is 170 Å². The van der Waals surface area contributed by atoms with E-state index in [0.717, 1.165) is 6.07 Å². The second-order valence-corrected chi connectivity index (χ2v) is 9.32. The summed E-state index contributed by atoms with van der Waals surface area (Å²) < 4.78 is 70.7. The summed E-state index contributed by atoms with van der Waals surface area (Å²) in [5.74, 6) is -0.552. The van der Waals surface area contributed by atoms with E-state index in [1.54, 1.807) is 39.3 Å². The molecule has 1 aromatic heterocycles. The van der Waals surface area contributed by atoms with E-state index in [1.807, 2.05) is 0 Å². The van der Waals surface area contributed by atoms with Crippen LogP contribution in [0.15, 0.2) is 23.7 Å². The van der Waals surface area contributed by atoms with Gasteiger partial charge in [-0.1, -0.05) is 12.1 Å². The Bertz CT molecular complexity index is 995. The number of hydrogen-bond acceptors (Lipinski definition) is 7. The summed E-state index contributed by atoms with van der Waals surface area (Å²) >= 11 is 1.24. The number of hydrogen-bond donors (Lipinski definition) is 1. The molecule has 1 aromatic carbocycles. The maximum atomic E-state index is 12.8. The van der Waals surface area contributed by atoms with E-state index in [9.17, 15) is 26.4 Å². The highest BCUT2D eigenvalue weighted by atomic mass is 32.2. The van der Waals surface area contributed by atoms with Gasteiger partial charge in [0.2, 0.25) is 0 Å². The number of alkyl carbamates (subject to hydrolysis) is 1. The van der Waals surface area contributed by atoms with Gasteiger partial charge < -0.3 is 14.2 Å². The molecule has 0 spiro atoms. The lowest BCUT2D eigenvalue weighted by Gasteiger charge is -2.20. The van der Waals surface area contributed by atoms with Crippen LogP contribution in [0.25, 0.3) is 10.4 Å². The summed E-state index contributed by atoms with van der Waals surface area (Å²) in [6, 6.07) is 4.10. The molecule has 2 aromatic rings. The first kappa shape index (κ1) is 22.9. The largest absolute Gasteiger partial charge is 0.534 e. The van der Waals surface area contributed by atoms with Gasteiger partial charge in [0, 0.05) is 12.1 Å². The number of benzene rings is 1. The number of carbonyl (C=O) groups excluding carboxylic acids is 1. The summed E-state index contributed by atoms with van der Waals surface area (Å²) in [5.41, 5.74) is -3.75. The molecule has 0 bridgehead atoms. The van der Waals surface area contributed by atoms with Gasteiger partial charge in [0.05, 0.1) is 16.1 Å². The quantitative estimate of drug-likeness (QED) is 0.535. The third-order valence-electron chi connectivity index (χ3n) is 3.38. The molecule has 1 amide bonds. The van der Waals surface area contributed by atoms with Gasteiger partial charge in [0.1, 0.15) is 11.4 Å². The topological polar surface area (TPSA) is 94.6 Å². The number of nitrogens with one attached hydrogen (secondary N) is 1. The first-order chi connectivity index (χ1) is 13.2. The molecule has 29 heavy (non-hydrogen) atoms. The van der Waals surface area contributed by atoms with Crippen molar-refractivity contribution in [2.45, 2.75) is 45.3 Å². The summed E-state index contributed by atoms with van der Waals surface area (Å²) in [6.45, 7) is 6.33. The van der Waals surface area contributed by atoms with Gasteiger partial charge in [-0.25, -0.2) is 9.78 Å². The zero-order valence-electron chi connectivity index (χ0n) is 16.0. The number of carbonyl (C=O) groups is 1. The first-order valence-electron chi connectivity index (χ1n) is 8.20. The molecule has 0 atom stereocenters.